The Morgan fingerprint density at radius 1 is 0.537 bits per heavy atom. The number of nitrogens with zero attached hydrogens (tertiary/aromatic N) is 5. The maximum Gasteiger partial charge on any atom is 0.317 e. The van der Waals surface area contributed by atoms with E-state index in [1.54, 1.807) is 4.90 Å². The maximum absolute atomic E-state index is 13.1. The predicted octanol–water partition coefficient (Wildman–Crippen LogP) is 0.630. The first kappa shape index (κ1) is 30.1. The van der Waals surface area contributed by atoms with Crippen molar-refractivity contribution in [1.82, 2.24) is 24.2 Å². The quantitative estimate of drug-likeness (QED) is 0.313. The molecular formula is C29H37N5O7. The van der Waals surface area contributed by atoms with E-state index in [0.717, 1.165) is 11.0 Å². The highest BCUT2D eigenvalue weighted by molar-refractivity contribution is 5.93. The number of fused-ring (bicyclic) bond motifs is 2. The summed E-state index contributed by atoms with van der Waals surface area (Å²) in [7, 11) is 0. The topological polar surface area (TPSA) is 147 Å². The van der Waals surface area contributed by atoms with Gasteiger partial charge in [-0.25, -0.2) is 0 Å². The van der Waals surface area contributed by atoms with Gasteiger partial charge in [0.25, 0.3) is 0 Å². The molecule has 0 atom stereocenters. The van der Waals surface area contributed by atoms with Gasteiger partial charge in [0.1, 0.15) is 0 Å². The first-order chi connectivity index (χ1) is 19.7. The van der Waals surface area contributed by atoms with Crippen LogP contribution in [0.4, 0.5) is 0 Å². The number of pyridine rings is 1. The molecule has 0 radical (unpaired) electrons. The molecule has 1 fully saturated rings. The van der Waals surface area contributed by atoms with Gasteiger partial charge < -0.3 is 19.9 Å². The van der Waals surface area contributed by atoms with E-state index in [-0.39, 0.29) is 25.1 Å². The molecule has 0 bridgehead atoms. The fourth-order valence-electron chi connectivity index (χ4n) is 5.41. The van der Waals surface area contributed by atoms with Crippen molar-refractivity contribution < 1.29 is 29.7 Å². The lowest BCUT2D eigenvalue weighted by Crippen LogP contribution is -2.48. The second-order valence-corrected chi connectivity index (χ2v) is 10.4. The molecule has 1 saturated heterocycles. The molecule has 3 N–H and O–H groups in total. The van der Waals surface area contributed by atoms with E-state index < -0.39 is 17.9 Å². The highest BCUT2D eigenvalue weighted by Gasteiger charge is 2.20. The van der Waals surface area contributed by atoms with Crippen molar-refractivity contribution in [2.24, 2.45) is 0 Å². The third kappa shape index (κ3) is 8.33. The fraction of sp³-hybridized carbons (Fsp3) is 0.448. The number of hydrogen-bond donors (Lipinski definition) is 3. The number of hydrogen-bond acceptors (Lipinski definition) is 8. The molecule has 41 heavy (non-hydrogen) atoms. The summed E-state index contributed by atoms with van der Waals surface area (Å²) in [6.07, 6.45) is 0. The van der Waals surface area contributed by atoms with E-state index in [9.17, 15) is 34.5 Å². The van der Waals surface area contributed by atoms with Gasteiger partial charge in [-0.05, 0) is 24.3 Å². The summed E-state index contributed by atoms with van der Waals surface area (Å²) >= 11 is 0. The van der Waals surface area contributed by atoms with E-state index >= 15 is 0 Å². The zero-order chi connectivity index (χ0) is 29.4. The Bertz CT molecular complexity index is 1350. The second-order valence-electron chi connectivity index (χ2n) is 10.4. The number of carbonyl (C=O) groups is 3. The van der Waals surface area contributed by atoms with Crippen LogP contribution in [-0.2, 0) is 20.9 Å². The summed E-state index contributed by atoms with van der Waals surface area (Å²) < 4.78 is 2.13. The normalized spacial score (nSPS) is 17.3. The third-order valence-electron chi connectivity index (χ3n) is 7.53. The molecule has 1 aliphatic heterocycles. The Kier molecular flexibility index (Phi) is 10.4. The molecule has 2 heterocycles. The van der Waals surface area contributed by atoms with Gasteiger partial charge in [0, 0.05) is 76.2 Å². The van der Waals surface area contributed by atoms with Gasteiger partial charge in [0.05, 0.1) is 30.7 Å². The average molecular weight is 568 g/mol. The number of carboxylic acids is 3. The number of carboxylic acid groups (broad SMARTS) is 3. The summed E-state index contributed by atoms with van der Waals surface area (Å²) in [5, 5.41) is 29.6. The summed E-state index contributed by atoms with van der Waals surface area (Å²) in [5.74, 6) is -2.89. The number of rotatable bonds is 9. The lowest BCUT2D eigenvalue weighted by atomic mass is 10.1. The lowest BCUT2D eigenvalue weighted by molar-refractivity contribution is -0.140. The molecule has 4 rings (SSSR count). The van der Waals surface area contributed by atoms with E-state index in [4.69, 9.17) is 0 Å². The lowest BCUT2D eigenvalue weighted by Gasteiger charge is -2.33. The molecule has 0 amide bonds. The largest absolute Gasteiger partial charge is 0.480 e. The van der Waals surface area contributed by atoms with E-state index in [2.05, 4.69) is 9.47 Å². The molecular weight excluding hydrogens is 530 g/mol. The van der Waals surface area contributed by atoms with E-state index in [1.165, 1.54) is 0 Å². The fourth-order valence-corrected chi connectivity index (χ4v) is 5.41. The van der Waals surface area contributed by atoms with Crippen LogP contribution < -0.4 is 5.43 Å². The molecule has 0 unspecified atom stereocenters. The van der Waals surface area contributed by atoms with Crippen LogP contribution in [0.3, 0.4) is 0 Å². The van der Waals surface area contributed by atoms with Crippen molar-refractivity contribution in [2.75, 3.05) is 78.5 Å². The van der Waals surface area contributed by atoms with Crippen LogP contribution in [0, 0.1) is 0 Å². The molecule has 0 saturated carbocycles. The minimum Gasteiger partial charge on any atom is -0.480 e. The van der Waals surface area contributed by atoms with Gasteiger partial charge in [-0.1, -0.05) is 24.3 Å². The smallest absolute Gasteiger partial charge is 0.317 e. The predicted molar refractivity (Wildman–Crippen MR) is 154 cm³/mol. The van der Waals surface area contributed by atoms with Crippen molar-refractivity contribution in [3.05, 3.63) is 58.8 Å². The highest BCUT2D eigenvalue weighted by atomic mass is 16.4. The Balaban J connectivity index is 1.58. The number of benzene rings is 2. The average Bonchev–Trinajstić information content (AvgIpc) is 2.93. The zero-order valence-electron chi connectivity index (χ0n) is 23.0. The van der Waals surface area contributed by atoms with Crippen LogP contribution in [0.5, 0.6) is 0 Å². The van der Waals surface area contributed by atoms with Crippen LogP contribution in [0.2, 0.25) is 0 Å². The standard InChI is InChI=1S/C29H37N5O7/c35-26(36)19-31-11-9-30(10-12-32(20-27(37)38)14-16-33(15-13-31)21-28(39)40)17-18-34-24-7-3-1-5-22(24)29(41)23-6-2-4-8-25(23)34/h1-8H,9-21H2,(H,35,36)(H,37,38)(H,39,40). The van der Waals surface area contributed by atoms with E-state index in [1.807, 2.05) is 58.3 Å². The zero-order valence-corrected chi connectivity index (χ0v) is 23.0. The Hall–Kier alpha value is -3.84. The van der Waals surface area contributed by atoms with Gasteiger partial charge in [0.15, 0.2) is 5.43 Å². The van der Waals surface area contributed by atoms with Crippen molar-refractivity contribution >= 4 is 39.7 Å². The summed E-state index contributed by atoms with van der Waals surface area (Å²) in [5.41, 5.74) is 1.66. The SMILES string of the molecule is O=C(O)CN1CCN(CCn2c3ccccc3c(=O)c3ccccc32)CCN(CC(=O)O)CCN(CC(=O)O)CC1. The molecule has 1 aliphatic rings. The third-order valence-corrected chi connectivity index (χ3v) is 7.53. The minimum atomic E-state index is -0.986. The Morgan fingerprint density at radius 3 is 1.24 bits per heavy atom. The van der Waals surface area contributed by atoms with Gasteiger partial charge >= 0.3 is 17.9 Å². The van der Waals surface area contributed by atoms with Crippen molar-refractivity contribution in [2.45, 2.75) is 6.54 Å². The molecule has 12 nitrogen and oxygen atoms in total. The number of para-hydroxylation sites is 2. The van der Waals surface area contributed by atoms with Crippen molar-refractivity contribution in [1.29, 1.82) is 0 Å². The molecule has 0 aliphatic carbocycles. The van der Waals surface area contributed by atoms with Gasteiger partial charge in [0.2, 0.25) is 0 Å². The highest BCUT2D eigenvalue weighted by Crippen LogP contribution is 2.19. The minimum absolute atomic E-state index is 0.00988. The number of aliphatic carboxylic acids is 3. The molecule has 2 aromatic carbocycles. The summed E-state index contributed by atoms with van der Waals surface area (Å²) in [6.45, 7) is 4.13. The molecule has 0 spiro atoms. The Labute approximate surface area is 237 Å². The molecule has 12 heteroatoms. The van der Waals surface area contributed by atoms with Crippen molar-refractivity contribution in [3.8, 4) is 0 Å². The van der Waals surface area contributed by atoms with Crippen LogP contribution in [0.15, 0.2) is 53.3 Å². The molecule has 3 aromatic rings. The Morgan fingerprint density at radius 2 is 0.878 bits per heavy atom. The molecule has 1 aromatic heterocycles. The van der Waals surface area contributed by atoms with Crippen LogP contribution in [0.25, 0.3) is 21.8 Å². The van der Waals surface area contributed by atoms with Gasteiger partial charge in [-0.15, -0.1) is 0 Å². The van der Waals surface area contributed by atoms with Crippen LogP contribution in [0.1, 0.15) is 0 Å². The summed E-state index contributed by atoms with van der Waals surface area (Å²) in [4.78, 5) is 55.2. The van der Waals surface area contributed by atoms with Crippen LogP contribution in [-0.4, -0.2) is 136 Å². The second kappa shape index (κ2) is 14.2. The first-order valence-electron chi connectivity index (χ1n) is 13.8. The molecule has 220 valence electrons. The van der Waals surface area contributed by atoms with Crippen molar-refractivity contribution in [3.63, 3.8) is 0 Å². The number of aromatic nitrogens is 1. The first-order valence-corrected chi connectivity index (χ1v) is 13.8. The monoisotopic (exact) mass is 567 g/mol. The van der Waals surface area contributed by atoms with Crippen LogP contribution >= 0.6 is 0 Å². The van der Waals surface area contributed by atoms with E-state index in [0.29, 0.717) is 76.2 Å². The maximum atomic E-state index is 13.1. The van der Waals surface area contributed by atoms with Gasteiger partial charge in [-0.2, -0.15) is 0 Å². The summed E-state index contributed by atoms with van der Waals surface area (Å²) in [6, 6.07) is 15.1. The van der Waals surface area contributed by atoms with Gasteiger partial charge in [-0.3, -0.25) is 38.8 Å².